The summed E-state index contributed by atoms with van der Waals surface area (Å²) in [5, 5.41) is 22.3. The number of rotatable bonds is 7. The fourth-order valence-corrected chi connectivity index (χ4v) is 4.92. The van der Waals surface area contributed by atoms with Gasteiger partial charge in [-0.05, 0) is 73.7 Å². The van der Waals surface area contributed by atoms with Gasteiger partial charge in [-0.1, -0.05) is 35.6 Å². The molecule has 1 aromatic heterocycles. The van der Waals surface area contributed by atoms with Gasteiger partial charge < -0.3 is 14.9 Å². The quantitative estimate of drug-likeness (QED) is 0.462. The van der Waals surface area contributed by atoms with Crippen molar-refractivity contribution in [2.75, 3.05) is 26.7 Å². The number of pyridine rings is 1. The number of carboxylic acid groups (broad SMARTS) is 1. The van der Waals surface area contributed by atoms with Gasteiger partial charge in [-0.3, -0.25) is 14.7 Å². The summed E-state index contributed by atoms with van der Waals surface area (Å²) >= 11 is 6.16. The predicted octanol–water partition coefficient (Wildman–Crippen LogP) is 4.78. The Morgan fingerprint density at radius 2 is 2.11 bits per heavy atom. The lowest BCUT2D eigenvalue weighted by molar-refractivity contribution is -0.146. The van der Waals surface area contributed by atoms with Gasteiger partial charge in [0, 0.05) is 23.7 Å². The number of nitrogens with zero attached hydrogens (tertiary/aromatic N) is 2. The zero-order valence-electron chi connectivity index (χ0n) is 19.7. The average Bonchev–Trinajstić information content (AvgIpc) is 2.88. The molecule has 1 aliphatic rings. The van der Waals surface area contributed by atoms with Crippen LogP contribution in [0.15, 0.2) is 54.7 Å². The summed E-state index contributed by atoms with van der Waals surface area (Å²) in [6.45, 7) is 1.72. The SMILES string of the molecule is COc1ccc2nccc(C(O)CC[C@@H]3CCN(CC#Cc4ccccc4Cl)C[C@@H]3C(=O)O)c2c1. The number of aliphatic carboxylic acids is 1. The molecule has 182 valence electrons. The van der Waals surface area contributed by atoms with Gasteiger partial charge in [0.2, 0.25) is 0 Å². The van der Waals surface area contributed by atoms with Crippen molar-refractivity contribution in [3.63, 3.8) is 0 Å². The standard InChI is InChI=1S/C28H29ClN2O4/c1-35-21-9-10-26-23(17-21)22(12-14-30-26)27(32)11-8-19-13-16-31(18-24(19)28(33)34)15-4-6-20-5-2-3-7-25(20)29/h2-3,5,7,9-10,12,14,17,19,24,27,32H,8,11,13,15-16,18H2,1H3,(H,33,34)/t19-,24+,27?/m1/s1. The Morgan fingerprint density at radius 1 is 1.29 bits per heavy atom. The van der Waals surface area contributed by atoms with E-state index in [1.807, 2.05) is 42.5 Å². The van der Waals surface area contributed by atoms with Gasteiger partial charge in [0.1, 0.15) is 5.75 Å². The van der Waals surface area contributed by atoms with Gasteiger partial charge in [-0.2, -0.15) is 0 Å². The first-order valence-electron chi connectivity index (χ1n) is 11.8. The van der Waals surface area contributed by atoms with Crippen LogP contribution < -0.4 is 4.74 Å². The van der Waals surface area contributed by atoms with Crippen molar-refractivity contribution in [1.29, 1.82) is 0 Å². The summed E-state index contributed by atoms with van der Waals surface area (Å²) in [7, 11) is 1.61. The van der Waals surface area contributed by atoms with Crippen LogP contribution in [0.2, 0.25) is 5.02 Å². The van der Waals surface area contributed by atoms with Crippen LogP contribution in [0.25, 0.3) is 10.9 Å². The number of ether oxygens (including phenoxy) is 1. The molecule has 2 heterocycles. The van der Waals surface area contributed by atoms with E-state index in [1.54, 1.807) is 19.4 Å². The Hall–Kier alpha value is -3.11. The minimum absolute atomic E-state index is 0.00226. The van der Waals surface area contributed by atoms with E-state index in [0.29, 0.717) is 36.7 Å². The molecule has 7 heteroatoms. The molecular formula is C28H29ClN2O4. The molecule has 0 amide bonds. The largest absolute Gasteiger partial charge is 0.497 e. The van der Waals surface area contributed by atoms with E-state index in [-0.39, 0.29) is 5.92 Å². The highest BCUT2D eigenvalue weighted by Gasteiger charge is 2.34. The summed E-state index contributed by atoms with van der Waals surface area (Å²) in [6, 6.07) is 14.8. The van der Waals surface area contributed by atoms with Crippen molar-refractivity contribution in [2.24, 2.45) is 11.8 Å². The third kappa shape index (κ3) is 6.12. The Balaban J connectivity index is 1.38. The number of carboxylic acids is 1. The van der Waals surface area contributed by atoms with E-state index in [0.717, 1.165) is 35.0 Å². The molecule has 2 N–H and O–H groups in total. The number of piperidine rings is 1. The molecular weight excluding hydrogens is 464 g/mol. The minimum Gasteiger partial charge on any atom is -0.497 e. The maximum atomic E-state index is 12.0. The summed E-state index contributed by atoms with van der Waals surface area (Å²) in [4.78, 5) is 18.5. The van der Waals surface area contributed by atoms with Crippen LogP contribution in [0.4, 0.5) is 0 Å². The van der Waals surface area contributed by atoms with E-state index in [1.165, 1.54) is 0 Å². The third-order valence-corrected chi connectivity index (χ3v) is 7.04. The molecule has 3 atom stereocenters. The second kappa shape index (κ2) is 11.5. The second-order valence-electron chi connectivity index (χ2n) is 8.89. The normalized spacial score (nSPS) is 19.1. The number of methoxy groups -OCH3 is 1. The Kier molecular flexibility index (Phi) is 8.25. The van der Waals surface area contributed by atoms with E-state index < -0.39 is 18.0 Å². The van der Waals surface area contributed by atoms with Crippen molar-refractivity contribution in [2.45, 2.75) is 25.4 Å². The molecule has 0 aliphatic carbocycles. The number of halogens is 1. The van der Waals surface area contributed by atoms with E-state index in [9.17, 15) is 15.0 Å². The lowest BCUT2D eigenvalue weighted by Gasteiger charge is -2.36. The van der Waals surface area contributed by atoms with Gasteiger partial charge in [-0.25, -0.2) is 0 Å². The number of aromatic nitrogens is 1. The van der Waals surface area contributed by atoms with Crippen molar-refractivity contribution in [1.82, 2.24) is 9.88 Å². The summed E-state index contributed by atoms with van der Waals surface area (Å²) < 4.78 is 5.33. The number of likely N-dealkylation sites (tertiary alicyclic amines) is 1. The summed E-state index contributed by atoms with van der Waals surface area (Å²) in [5.41, 5.74) is 2.35. The van der Waals surface area contributed by atoms with Crippen LogP contribution >= 0.6 is 11.6 Å². The van der Waals surface area contributed by atoms with E-state index in [2.05, 4.69) is 21.7 Å². The predicted molar refractivity (Wildman–Crippen MR) is 136 cm³/mol. The molecule has 35 heavy (non-hydrogen) atoms. The number of aliphatic hydroxyl groups is 1. The fourth-order valence-electron chi connectivity index (χ4n) is 4.74. The highest BCUT2D eigenvalue weighted by molar-refractivity contribution is 6.31. The molecule has 0 saturated carbocycles. The van der Waals surface area contributed by atoms with Crippen LogP contribution in [0.3, 0.4) is 0 Å². The van der Waals surface area contributed by atoms with Crippen LogP contribution in [-0.4, -0.2) is 52.8 Å². The zero-order valence-corrected chi connectivity index (χ0v) is 20.4. The van der Waals surface area contributed by atoms with Crippen LogP contribution in [0, 0.1) is 23.7 Å². The minimum atomic E-state index is -0.799. The number of hydrogen-bond acceptors (Lipinski definition) is 5. The van der Waals surface area contributed by atoms with Crippen molar-refractivity contribution >= 4 is 28.5 Å². The molecule has 0 spiro atoms. The Bertz CT molecular complexity index is 1250. The zero-order chi connectivity index (χ0) is 24.8. The monoisotopic (exact) mass is 492 g/mol. The molecule has 3 aromatic rings. The van der Waals surface area contributed by atoms with Crippen molar-refractivity contribution < 1.29 is 19.7 Å². The number of aliphatic hydroxyl groups excluding tert-OH is 1. The summed E-state index contributed by atoms with van der Waals surface area (Å²) in [5.74, 6) is 5.61. The topological polar surface area (TPSA) is 82.9 Å². The molecule has 6 nitrogen and oxygen atoms in total. The molecule has 1 aliphatic heterocycles. The molecule has 2 aromatic carbocycles. The fraction of sp³-hybridized carbons (Fsp3) is 0.357. The smallest absolute Gasteiger partial charge is 0.308 e. The highest BCUT2D eigenvalue weighted by atomic mass is 35.5. The lowest BCUT2D eigenvalue weighted by Crippen LogP contribution is -2.44. The van der Waals surface area contributed by atoms with Gasteiger partial charge in [-0.15, -0.1) is 0 Å². The first kappa shape index (κ1) is 25.0. The highest BCUT2D eigenvalue weighted by Crippen LogP contribution is 2.33. The van der Waals surface area contributed by atoms with E-state index >= 15 is 0 Å². The number of hydrogen-bond donors (Lipinski definition) is 2. The van der Waals surface area contributed by atoms with Crippen molar-refractivity contribution in [3.05, 3.63) is 70.9 Å². The van der Waals surface area contributed by atoms with E-state index in [4.69, 9.17) is 16.3 Å². The molecule has 0 bridgehead atoms. The maximum Gasteiger partial charge on any atom is 0.308 e. The first-order chi connectivity index (χ1) is 17.0. The summed E-state index contributed by atoms with van der Waals surface area (Å²) in [6.07, 6.45) is 2.85. The van der Waals surface area contributed by atoms with Gasteiger partial charge in [0.05, 0.1) is 36.2 Å². The van der Waals surface area contributed by atoms with Crippen LogP contribution in [0.5, 0.6) is 5.75 Å². The molecule has 1 unspecified atom stereocenters. The molecule has 1 saturated heterocycles. The third-order valence-electron chi connectivity index (χ3n) is 6.71. The number of benzene rings is 2. The number of carbonyl (C=O) groups is 1. The van der Waals surface area contributed by atoms with Gasteiger partial charge >= 0.3 is 5.97 Å². The van der Waals surface area contributed by atoms with Gasteiger partial charge in [0.15, 0.2) is 0 Å². The lowest BCUT2D eigenvalue weighted by atomic mass is 9.81. The Labute approximate surface area is 210 Å². The van der Waals surface area contributed by atoms with Crippen LogP contribution in [-0.2, 0) is 4.79 Å². The maximum absolute atomic E-state index is 12.0. The van der Waals surface area contributed by atoms with Crippen LogP contribution in [0.1, 0.15) is 36.5 Å². The number of fused-ring (bicyclic) bond motifs is 1. The molecule has 4 rings (SSSR count). The average molecular weight is 493 g/mol. The Morgan fingerprint density at radius 3 is 2.89 bits per heavy atom. The van der Waals surface area contributed by atoms with Crippen molar-refractivity contribution in [3.8, 4) is 17.6 Å². The second-order valence-corrected chi connectivity index (χ2v) is 9.29. The molecule has 1 fully saturated rings. The molecule has 0 radical (unpaired) electrons. The van der Waals surface area contributed by atoms with Gasteiger partial charge in [0.25, 0.3) is 0 Å². The first-order valence-corrected chi connectivity index (χ1v) is 12.1.